The minimum absolute atomic E-state index is 0.0741. The van der Waals surface area contributed by atoms with Gasteiger partial charge in [-0.15, -0.1) is 13.2 Å². The van der Waals surface area contributed by atoms with E-state index in [1.165, 1.54) is 12.1 Å². The Balaban J connectivity index is 1.55. The van der Waals surface area contributed by atoms with Crippen LogP contribution in [0.15, 0.2) is 24.3 Å². The molecule has 2 fully saturated rings. The fraction of sp³-hybridized carbons (Fsp3) is 0.611. The molecule has 0 heterocycles. The maximum atomic E-state index is 12.6. The normalized spacial score (nSPS) is 29.2. The highest BCUT2D eigenvalue weighted by Crippen LogP contribution is 2.49. The van der Waals surface area contributed by atoms with Gasteiger partial charge in [-0.3, -0.25) is 4.79 Å². The first-order chi connectivity index (χ1) is 11.7. The van der Waals surface area contributed by atoms with Crippen LogP contribution in [0.1, 0.15) is 43.6 Å². The SMILES string of the molecule is CN(C(=O)C1CC1c1ccc(OC(F)(F)F)cc1)C1CCC(N)CC1. The third kappa shape index (κ3) is 4.45. The number of carbonyl (C=O) groups excluding carboxylic acids is 1. The van der Waals surface area contributed by atoms with E-state index in [0.717, 1.165) is 37.7 Å². The molecule has 0 bridgehead atoms. The summed E-state index contributed by atoms with van der Waals surface area (Å²) in [6, 6.07) is 6.31. The molecule has 0 saturated heterocycles. The van der Waals surface area contributed by atoms with Crippen LogP contribution in [0, 0.1) is 5.92 Å². The van der Waals surface area contributed by atoms with Crippen LogP contribution in [0.3, 0.4) is 0 Å². The van der Waals surface area contributed by atoms with Gasteiger partial charge >= 0.3 is 6.36 Å². The van der Waals surface area contributed by atoms with Gasteiger partial charge in [-0.05, 0) is 55.7 Å². The second-order valence-electron chi connectivity index (χ2n) is 7.08. The molecule has 2 aliphatic carbocycles. The van der Waals surface area contributed by atoms with Gasteiger partial charge in [0.05, 0.1) is 0 Å². The van der Waals surface area contributed by atoms with E-state index in [-0.39, 0.29) is 35.6 Å². The summed E-state index contributed by atoms with van der Waals surface area (Å²) in [6.07, 6.45) is -0.192. The number of nitrogens with zero attached hydrogens (tertiary/aromatic N) is 1. The van der Waals surface area contributed by atoms with E-state index in [2.05, 4.69) is 4.74 Å². The maximum absolute atomic E-state index is 12.6. The van der Waals surface area contributed by atoms with Gasteiger partial charge in [0.2, 0.25) is 5.91 Å². The van der Waals surface area contributed by atoms with E-state index in [1.807, 2.05) is 11.9 Å². The number of hydrogen-bond acceptors (Lipinski definition) is 3. The average Bonchev–Trinajstić information content (AvgIpc) is 3.34. The van der Waals surface area contributed by atoms with Gasteiger partial charge < -0.3 is 15.4 Å². The lowest BCUT2D eigenvalue weighted by Gasteiger charge is -2.33. The maximum Gasteiger partial charge on any atom is 0.573 e. The summed E-state index contributed by atoms with van der Waals surface area (Å²) in [7, 11) is 1.85. The second-order valence-corrected chi connectivity index (χ2v) is 7.08. The molecular formula is C18H23F3N2O2. The molecular weight excluding hydrogens is 333 g/mol. The van der Waals surface area contributed by atoms with Crippen molar-refractivity contribution in [3.63, 3.8) is 0 Å². The number of alkyl halides is 3. The number of nitrogens with two attached hydrogens (primary N) is 1. The summed E-state index contributed by atoms with van der Waals surface area (Å²) >= 11 is 0. The molecule has 0 radical (unpaired) electrons. The molecule has 7 heteroatoms. The smallest absolute Gasteiger partial charge is 0.406 e. The van der Waals surface area contributed by atoms with Crippen molar-refractivity contribution in [3.05, 3.63) is 29.8 Å². The van der Waals surface area contributed by atoms with E-state index in [1.54, 1.807) is 12.1 Å². The number of carbonyl (C=O) groups is 1. The van der Waals surface area contributed by atoms with Crippen molar-refractivity contribution in [2.45, 2.75) is 56.5 Å². The third-order valence-electron chi connectivity index (χ3n) is 5.29. The number of ether oxygens (including phenoxy) is 1. The Labute approximate surface area is 145 Å². The first-order valence-electron chi connectivity index (χ1n) is 8.62. The summed E-state index contributed by atoms with van der Waals surface area (Å²) in [5.74, 6) is -0.104. The van der Waals surface area contributed by atoms with E-state index in [9.17, 15) is 18.0 Å². The fourth-order valence-electron chi connectivity index (χ4n) is 3.68. The quantitative estimate of drug-likeness (QED) is 0.899. The molecule has 1 aromatic carbocycles. The average molecular weight is 356 g/mol. The molecule has 2 atom stereocenters. The van der Waals surface area contributed by atoms with Gasteiger partial charge in [-0.1, -0.05) is 12.1 Å². The molecule has 0 aliphatic heterocycles. The zero-order chi connectivity index (χ0) is 18.2. The summed E-state index contributed by atoms with van der Waals surface area (Å²) in [4.78, 5) is 14.5. The van der Waals surface area contributed by atoms with Gasteiger partial charge in [-0.25, -0.2) is 0 Å². The van der Waals surface area contributed by atoms with Gasteiger partial charge in [0.1, 0.15) is 5.75 Å². The molecule has 3 rings (SSSR count). The van der Waals surface area contributed by atoms with Crippen LogP contribution >= 0.6 is 0 Å². The Bertz CT molecular complexity index is 610. The van der Waals surface area contributed by atoms with Crippen molar-refractivity contribution >= 4 is 5.91 Å². The molecule has 25 heavy (non-hydrogen) atoms. The van der Waals surface area contributed by atoms with Crippen LogP contribution in [0.25, 0.3) is 0 Å². The molecule has 4 nitrogen and oxygen atoms in total. The van der Waals surface area contributed by atoms with Crippen LogP contribution in [0.2, 0.25) is 0 Å². The van der Waals surface area contributed by atoms with Crippen LogP contribution in [0.5, 0.6) is 5.75 Å². The number of rotatable bonds is 4. The van der Waals surface area contributed by atoms with Crippen molar-refractivity contribution in [2.75, 3.05) is 7.05 Å². The Morgan fingerprint density at radius 3 is 2.32 bits per heavy atom. The van der Waals surface area contributed by atoms with E-state index in [0.29, 0.717) is 0 Å². The minimum atomic E-state index is -4.69. The van der Waals surface area contributed by atoms with E-state index < -0.39 is 6.36 Å². The fourth-order valence-corrected chi connectivity index (χ4v) is 3.68. The lowest BCUT2D eigenvalue weighted by atomic mass is 9.91. The van der Waals surface area contributed by atoms with Crippen LogP contribution in [-0.4, -0.2) is 36.3 Å². The first-order valence-corrected chi connectivity index (χ1v) is 8.62. The molecule has 1 aromatic rings. The minimum Gasteiger partial charge on any atom is -0.406 e. The first kappa shape index (κ1) is 18.0. The van der Waals surface area contributed by atoms with Crippen molar-refractivity contribution in [3.8, 4) is 5.75 Å². The van der Waals surface area contributed by atoms with Crippen molar-refractivity contribution in [1.82, 2.24) is 4.90 Å². The number of halogens is 3. The van der Waals surface area contributed by atoms with Crippen LogP contribution in [-0.2, 0) is 4.79 Å². The summed E-state index contributed by atoms with van der Waals surface area (Å²) in [6.45, 7) is 0. The predicted octanol–water partition coefficient (Wildman–Crippen LogP) is 3.42. The van der Waals surface area contributed by atoms with Gasteiger partial charge in [0.25, 0.3) is 0 Å². The summed E-state index contributed by atoms with van der Waals surface area (Å²) < 4.78 is 40.4. The van der Waals surface area contributed by atoms with Gasteiger partial charge in [-0.2, -0.15) is 0 Å². The zero-order valence-corrected chi connectivity index (χ0v) is 14.1. The third-order valence-corrected chi connectivity index (χ3v) is 5.29. The van der Waals surface area contributed by atoms with Crippen molar-refractivity contribution in [2.24, 2.45) is 11.7 Å². The van der Waals surface area contributed by atoms with Gasteiger partial charge in [0, 0.05) is 25.0 Å². The molecule has 2 aliphatic rings. The lowest BCUT2D eigenvalue weighted by Crippen LogP contribution is -2.42. The Hall–Kier alpha value is -1.76. The Kier molecular flexibility index (Phi) is 4.95. The van der Waals surface area contributed by atoms with Crippen molar-refractivity contribution < 1.29 is 22.7 Å². The number of benzene rings is 1. The Morgan fingerprint density at radius 2 is 1.76 bits per heavy atom. The zero-order valence-electron chi connectivity index (χ0n) is 14.1. The molecule has 2 unspecified atom stereocenters. The molecule has 2 N–H and O–H groups in total. The highest BCUT2D eigenvalue weighted by Gasteiger charge is 2.46. The lowest BCUT2D eigenvalue weighted by molar-refractivity contribution is -0.274. The molecule has 2 saturated carbocycles. The second kappa shape index (κ2) is 6.86. The largest absolute Gasteiger partial charge is 0.573 e. The number of hydrogen-bond donors (Lipinski definition) is 1. The molecule has 138 valence electrons. The van der Waals surface area contributed by atoms with Crippen LogP contribution < -0.4 is 10.5 Å². The number of amides is 1. The highest BCUT2D eigenvalue weighted by atomic mass is 19.4. The monoisotopic (exact) mass is 356 g/mol. The van der Waals surface area contributed by atoms with Gasteiger partial charge in [0.15, 0.2) is 0 Å². The van der Waals surface area contributed by atoms with E-state index >= 15 is 0 Å². The highest BCUT2D eigenvalue weighted by molar-refractivity contribution is 5.83. The topological polar surface area (TPSA) is 55.6 Å². The van der Waals surface area contributed by atoms with E-state index in [4.69, 9.17) is 5.73 Å². The standard InChI is InChI=1S/C18H23F3N2O2/c1-23(13-6-4-12(22)5-7-13)17(24)16-10-15(16)11-2-8-14(9-3-11)25-18(19,20)21/h2-3,8-9,12-13,15-16H,4-7,10,22H2,1H3. The van der Waals surface area contributed by atoms with Crippen LogP contribution in [0.4, 0.5) is 13.2 Å². The molecule has 0 aromatic heterocycles. The molecule has 0 spiro atoms. The van der Waals surface area contributed by atoms with Crippen molar-refractivity contribution in [1.29, 1.82) is 0 Å². The predicted molar refractivity (Wildman–Crippen MR) is 87.0 cm³/mol. The Morgan fingerprint density at radius 1 is 1.16 bits per heavy atom. The summed E-state index contributed by atoms with van der Waals surface area (Å²) in [5.41, 5.74) is 6.79. The summed E-state index contributed by atoms with van der Waals surface area (Å²) in [5, 5.41) is 0. The molecule has 1 amide bonds.